The zero-order chi connectivity index (χ0) is 10.7. The fourth-order valence-electron chi connectivity index (χ4n) is 2.15. The lowest BCUT2D eigenvalue weighted by Gasteiger charge is -2.35. The Morgan fingerprint density at radius 2 is 1.86 bits per heavy atom. The summed E-state index contributed by atoms with van der Waals surface area (Å²) in [6.45, 7) is 10.0. The Bertz CT molecular complexity index is 162. The average Bonchev–Trinajstić information content (AvgIpc) is 2.16. The SMILES string of the molecule is CC(C)C1CC(C(Br)C(C)C)CCO1. The van der Waals surface area contributed by atoms with Crippen LogP contribution in [0.4, 0.5) is 0 Å². The highest BCUT2D eigenvalue weighted by molar-refractivity contribution is 9.09. The van der Waals surface area contributed by atoms with Crippen LogP contribution in [0.5, 0.6) is 0 Å². The van der Waals surface area contributed by atoms with Crippen LogP contribution in [0.2, 0.25) is 0 Å². The second-order valence-corrected chi connectivity index (χ2v) is 6.18. The van der Waals surface area contributed by atoms with Crippen molar-refractivity contribution in [3.05, 3.63) is 0 Å². The minimum atomic E-state index is 0.479. The van der Waals surface area contributed by atoms with Gasteiger partial charge in [0, 0.05) is 11.4 Å². The van der Waals surface area contributed by atoms with Crippen molar-refractivity contribution in [2.24, 2.45) is 17.8 Å². The third kappa shape index (κ3) is 3.23. The second kappa shape index (κ2) is 5.50. The molecule has 0 spiro atoms. The molecular formula is C12H23BrO. The first-order chi connectivity index (χ1) is 6.52. The number of halogens is 1. The number of hydrogen-bond donors (Lipinski definition) is 0. The zero-order valence-electron chi connectivity index (χ0n) is 9.79. The number of hydrogen-bond acceptors (Lipinski definition) is 1. The van der Waals surface area contributed by atoms with Crippen LogP contribution in [-0.2, 0) is 4.74 Å². The van der Waals surface area contributed by atoms with Gasteiger partial charge in [0.05, 0.1) is 6.10 Å². The highest BCUT2D eigenvalue weighted by atomic mass is 79.9. The maximum atomic E-state index is 5.78. The molecule has 0 aromatic heterocycles. The highest BCUT2D eigenvalue weighted by Crippen LogP contribution is 2.33. The third-order valence-corrected chi connectivity index (χ3v) is 4.99. The normalized spacial score (nSPS) is 31.1. The lowest BCUT2D eigenvalue weighted by Crippen LogP contribution is -2.34. The molecule has 1 aliphatic heterocycles. The van der Waals surface area contributed by atoms with E-state index in [1.807, 2.05) is 0 Å². The first-order valence-electron chi connectivity index (χ1n) is 5.78. The molecule has 0 aromatic rings. The summed E-state index contributed by atoms with van der Waals surface area (Å²) in [5.74, 6) is 2.19. The van der Waals surface area contributed by atoms with Crippen LogP contribution in [0, 0.1) is 17.8 Å². The monoisotopic (exact) mass is 262 g/mol. The van der Waals surface area contributed by atoms with E-state index in [1.165, 1.54) is 12.8 Å². The first kappa shape index (κ1) is 12.5. The van der Waals surface area contributed by atoms with E-state index in [9.17, 15) is 0 Å². The van der Waals surface area contributed by atoms with Gasteiger partial charge in [-0.05, 0) is 30.6 Å². The van der Waals surface area contributed by atoms with E-state index in [0.717, 1.165) is 18.4 Å². The van der Waals surface area contributed by atoms with Crippen LogP contribution in [0.25, 0.3) is 0 Å². The van der Waals surface area contributed by atoms with Gasteiger partial charge >= 0.3 is 0 Å². The van der Waals surface area contributed by atoms with Crippen molar-refractivity contribution in [3.63, 3.8) is 0 Å². The third-order valence-electron chi connectivity index (χ3n) is 3.19. The van der Waals surface area contributed by atoms with E-state index in [2.05, 4.69) is 43.6 Å². The van der Waals surface area contributed by atoms with Crippen LogP contribution in [0.3, 0.4) is 0 Å². The van der Waals surface area contributed by atoms with Gasteiger partial charge in [0.15, 0.2) is 0 Å². The van der Waals surface area contributed by atoms with E-state index < -0.39 is 0 Å². The molecule has 0 aliphatic carbocycles. The molecule has 1 rings (SSSR count). The van der Waals surface area contributed by atoms with E-state index in [0.29, 0.717) is 16.8 Å². The van der Waals surface area contributed by atoms with Gasteiger partial charge in [0.2, 0.25) is 0 Å². The second-order valence-electron chi connectivity index (χ2n) is 5.13. The molecule has 0 saturated carbocycles. The maximum Gasteiger partial charge on any atom is 0.0601 e. The summed E-state index contributed by atoms with van der Waals surface area (Å²) in [4.78, 5) is 0.660. The van der Waals surface area contributed by atoms with Crippen molar-refractivity contribution in [1.29, 1.82) is 0 Å². The lowest BCUT2D eigenvalue weighted by molar-refractivity contribution is -0.0356. The number of alkyl halides is 1. The molecule has 3 unspecified atom stereocenters. The van der Waals surface area contributed by atoms with E-state index in [4.69, 9.17) is 4.74 Å². The summed E-state index contributed by atoms with van der Waals surface area (Å²) in [7, 11) is 0. The average molecular weight is 263 g/mol. The Morgan fingerprint density at radius 1 is 1.21 bits per heavy atom. The first-order valence-corrected chi connectivity index (χ1v) is 6.69. The Kier molecular flexibility index (Phi) is 4.92. The fourth-order valence-corrected chi connectivity index (χ4v) is 2.63. The Labute approximate surface area is 96.7 Å². The minimum Gasteiger partial charge on any atom is -0.378 e. The molecule has 1 saturated heterocycles. The van der Waals surface area contributed by atoms with Gasteiger partial charge in [-0.1, -0.05) is 43.6 Å². The van der Waals surface area contributed by atoms with Crippen molar-refractivity contribution >= 4 is 15.9 Å². The zero-order valence-corrected chi connectivity index (χ0v) is 11.4. The van der Waals surface area contributed by atoms with E-state index >= 15 is 0 Å². The van der Waals surface area contributed by atoms with Gasteiger partial charge < -0.3 is 4.74 Å². The maximum absolute atomic E-state index is 5.78. The van der Waals surface area contributed by atoms with Gasteiger partial charge in [0.1, 0.15) is 0 Å². The molecule has 0 aromatic carbocycles. The Balaban J connectivity index is 2.47. The lowest BCUT2D eigenvalue weighted by atomic mass is 9.85. The summed E-state index contributed by atoms with van der Waals surface area (Å²) in [5, 5.41) is 0. The quantitative estimate of drug-likeness (QED) is 0.702. The topological polar surface area (TPSA) is 9.23 Å². The van der Waals surface area contributed by atoms with Crippen LogP contribution < -0.4 is 0 Å². The molecule has 1 heterocycles. The number of ether oxygens (including phenoxy) is 1. The molecule has 0 amide bonds. The van der Waals surface area contributed by atoms with Crippen LogP contribution in [-0.4, -0.2) is 17.5 Å². The summed E-state index contributed by atoms with van der Waals surface area (Å²) < 4.78 is 5.78. The van der Waals surface area contributed by atoms with Gasteiger partial charge in [-0.3, -0.25) is 0 Å². The Morgan fingerprint density at radius 3 is 2.36 bits per heavy atom. The molecule has 3 atom stereocenters. The summed E-state index contributed by atoms with van der Waals surface area (Å²) in [6.07, 6.45) is 2.93. The molecule has 1 aliphatic rings. The van der Waals surface area contributed by atoms with Gasteiger partial charge in [-0.2, -0.15) is 0 Å². The van der Waals surface area contributed by atoms with Crippen molar-refractivity contribution in [3.8, 4) is 0 Å². The van der Waals surface area contributed by atoms with Crippen LogP contribution in [0.1, 0.15) is 40.5 Å². The van der Waals surface area contributed by atoms with Crippen molar-refractivity contribution in [2.45, 2.75) is 51.5 Å². The van der Waals surface area contributed by atoms with Crippen molar-refractivity contribution in [1.82, 2.24) is 0 Å². The van der Waals surface area contributed by atoms with Crippen LogP contribution in [0.15, 0.2) is 0 Å². The largest absolute Gasteiger partial charge is 0.378 e. The molecule has 2 heteroatoms. The standard InChI is InChI=1S/C12H23BrO/c1-8(2)11-7-10(5-6-14-11)12(13)9(3)4/h8-12H,5-7H2,1-4H3. The predicted octanol–water partition coefficient (Wildman–Crippen LogP) is 3.86. The van der Waals surface area contributed by atoms with Gasteiger partial charge in [-0.15, -0.1) is 0 Å². The van der Waals surface area contributed by atoms with Gasteiger partial charge in [0.25, 0.3) is 0 Å². The number of rotatable bonds is 3. The molecular weight excluding hydrogens is 240 g/mol. The van der Waals surface area contributed by atoms with Crippen LogP contribution >= 0.6 is 15.9 Å². The molecule has 84 valence electrons. The smallest absolute Gasteiger partial charge is 0.0601 e. The summed E-state index contributed by atoms with van der Waals surface area (Å²) >= 11 is 3.82. The van der Waals surface area contributed by atoms with Gasteiger partial charge in [-0.25, -0.2) is 0 Å². The fraction of sp³-hybridized carbons (Fsp3) is 1.00. The van der Waals surface area contributed by atoms with E-state index in [1.54, 1.807) is 0 Å². The molecule has 0 radical (unpaired) electrons. The van der Waals surface area contributed by atoms with Crippen molar-refractivity contribution < 1.29 is 4.74 Å². The molecule has 14 heavy (non-hydrogen) atoms. The van der Waals surface area contributed by atoms with Crippen molar-refractivity contribution in [2.75, 3.05) is 6.61 Å². The predicted molar refractivity (Wildman–Crippen MR) is 64.9 cm³/mol. The molecule has 0 N–H and O–H groups in total. The summed E-state index contributed by atoms with van der Waals surface area (Å²) in [6, 6.07) is 0. The minimum absolute atomic E-state index is 0.479. The summed E-state index contributed by atoms with van der Waals surface area (Å²) in [5.41, 5.74) is 0. The molecule has 1 nitrogen and oxygen atoms in total. The van der Waals surface area contributed by atoms with E-state index in [-0.39, 0.29) is 0 Å². The highest BCUT2D eigenvalue weighted by Gasteiger charge is 2.30. The Hall–Kier alpha value is 0.440. The molecule has 0 bridgehead atoms. The molecule has 1 fully saturated rings.